The second-order valence-corrected chi connectivity index (χ2v) is 6.71. The van der Waals surface area contributed by atoms with Gasteiger partial charge >= 0.3 is 0 Å². The number of amides is 1. The van der Waals surface area contributed by atoms with Crippen LogP contribution in [-0.4, -0.2) is 37.9 Å². The van der Waals surface area contributed by atoms with Crippen LogP contribution in [0.2, 0.25) is 0 Å². The highest BCUT2D eigenvalue weighted by molar-refractivity contribution is 7.99. The maximum atomic E-state index is 12.4. The Balaban J connectivity index is 1.79. The minimum atomic E-state index is -1.26. The largest absolute Gasteiger partial charge is 0.380 e. The zero-order valence-electron chi connectivity index (χ0n) is 12.5. The molecule has 1 aromatic heterocycles. The first-order valence-electron chi connectivity index (χ1n) is 7.32. The normalized spacial score (nSPS) is 17.2. The van der Waals surface area contributed by atoms with Crippen molar-refractivity contribution in [3.05, 3.63) is 42.2 Å². The number of anilines is 1. The van der Waals surface area contributed by atoms with Crippen LogP contribution >= 0.6 is 11.8 Å². The van der Waals surface area contributed by atoms with E-state index in [4.69, 9.17) is 0 Å². The Labute approximate surface area is 133 Å². The second kappa shape index (κ2) is 6.14. The number of nitrogens with zero attached hydrogens (tertiary/aromatic N) is 2. The predicted octanol–water partition coefficient (Wildman–Crippen LogP) is 2.38. The first kappa shape index (κ1) is 15.1. The molecule has 3 rings (SSSR count). The van der Waals surface area contributed by atoms with Crippen LogP contribution in [-0.2, 0) is 4.79 Å². The Bertz CT molecular complexity index is 663. The lowest BCUT2D eigenvalue weighted by atomic mass is 9.96. The van der Waals surface area contributed by atoms with Gasteiger partial charge in [-0.05, 0) is 43.4 Å². The number of carbonyl (C=O) groups excluding carboxylic acids is 1. The summed E-state index contributed by atoms with van der Waals surface area (Å²) in [6.07, 6.45) is 2.62. The number of hydrogen-bond donors (Lipinski definition) is 2. The lowest BCUT2D eigenvalue weighted by Gasteiger charge is -2.30. The van der Waals surface area contributed by atoms with Gasteiger partial charge in [-0.1, -0.05) is 18.2 Å². The van der Waals surface area contributed by atoms with Crippen LogP contribution < -0.4 is 5.32 Å². The molecule has 0 spiro atoms. The third-order valence-corrected chi connectivity index (χ3v) is 4.99. The molecule has 1 aliphatic rings. The topological polar surface area (TPSA) is 67.2 Å². The van der Waals surface area contributed by atoms with Crippen molar-refractivity contribution in [1.82, 2.24) is 9.78 Å². The van der Waals surface area contributed by atoms with Crippen molar-refractivity contribution >= 4 is 23.4 Å². The molecule has 116 valence electrons. The minimum Gasteiger partial charge on any atom is -0.380 e. The summed E-state index contributed by atoms with van der Waals surface area (Å²) in [6, 6.07) is 9.74. The van der Waals surface area contributed by atoms with Crippen molar-refractivity contribution in [2.75, 3.05) is 16.8 Å². The Hall–Kier alpha value is -1.79. The number of aliphatic hydroxyl groups is 1. The molecule has 0 saturated carbocycles. The highest BCUT2D eigenvalue weighted by Gasteiger charge is 2.37. The van der Waals surface area contributed by atoms with Crippen molar-refractivity contribution in [2.45, 2.75) is 25.4 Å². The van der Waals surface area contributed by atoms with Crippen LogP contribution in [0.5, 0.6) is 0 Å². The standard InChI is InChI=1S/C16H19N3O2S/c1-12-14(11-17-19(12)13-5-3-2-4-6-13)18-15(20)16(21)7-9-22-10-8-16/h2-6,11,21H,7-10H2,1H3,(H,18,20). The van der Waals surface area contributed by atoms with Gasteiger partial charge in [-0.25, -0.2) is 4.68 Å². The molecule has 2 heterocycles. The van der Waals surface area contributed by atoms with Crippen molar-refractivity contribution in [3.8, 4) is 5.69 Å². The summed E-state index contributed by atoms with van der Waals surface area (Å²) in [4.78, 5) is 12.4. The Morgan fingerprint density at radius 1 is 1.32 bits per heavy atom. The van der Waals surface area contributed by atoms with Gasteiger partial charge < -0.3 is 10.4 Å². The molecule has 0 unspecified atom stereocenters. The molecule has 2 N–H and O–H groups in total. The van der Waals surface area contributed by atoms with Gasteiger partial charge in [0.2, 0.25) is 0 Å². The van der Waals surface area contributed by atoms with Gasteiger partial charge in [-0.15, -0.1) is 0 Å². The van der Waals surface area contributed by atoms with E-state index in [1.165, 1.54) is 0 Å². The van der Waals surface area contributed by atoms with E-state index in [0.29, 0.717) is 18.5 Å². The fourth-order valence-electron chi connectivity index (χ4n) is 2.54. The molecular weight excluding hydrogens is 298 g/mol. The monoisotopic (exact) mass is 317 g/mol. The van der Waals surface area contributed by atoms with Crippen LogP contribution in [0.15, 0.2) is 36.5 Å². The molecule has 1 amide bonds. The summed E-state index contributed by atoms with van der Waals surface area (Å²) in [6.45, 7) is 1.90. The van der Waals surface area contributed by atoms with E-state index < -0.39 is 5.60 Å². The Morgan fingerprint density at radius 3 is 2.68 bits per heavy atom. The summed E-state index contributed by atoms with van der Waals surface area (Å²) in [5, 5.41) is 17.6. The van der Waals surface area contributed by atoms with Gasteiger partial charge in [-0.2, -0.15) is 16.9 Å². The zero-order chi connectivity index (χ0) is 15.6. The first-order chi connectivity index (χ1) is 10.6. The SMILES string of the molecule is Cc1c(NC(=O)C2(O)CCSCC2)cnn1-c1ccccc1. The number of aromatic nitrogens is 2. The van der Waals surface area contributed by atoms with E-state index in [1.54, 1.807) is 22.6 Å². The van der Waals surface area contributed by atoms with Gasteiger partial charge in [-0.3, -0.25) is 4.79 Å². The van der Waals surface area contributed by atoms with Crippen LogP contribution in [0, 0.1) is 6.92 Å². The van der Waals surface area contributed by atoms with Crippen LogP contribution in [0.3, 0.4) is 0 Å². The van der Waals surface area contributed by atoms with E-state index in [9.17, 15) is 9.90 Å². The van der Waals surface area contributed by atoms with Gasteiger partial charge in [0.25, 0.3) is 5.91 Å². The summed E-state index contributed by atoms with van der Waals surface area (Å²) in [5.41, 5.74) is 1.16. The van der Waals surface area contributed by atoms with Crippen LogP contribution in [0.4, 0.5) is 5.69 Å². The summed E-state index contributed by atoms with van der Waals surface area (Å²) < 4.78 is 1.77. The number of nitrogens with one attached hydrogen (secondary N) is 1. The number of thioether (sulfide) groups is 1. The number of para-hydroxylation sites is 1. The summed E-state index contributed by atoms with van der Waals surface area (Å²) in [7, 11) is 0. The molecule has 0 radical (unpaired) electrons. The van der Waals surface area contributed by atoms with Gasteiger partial charge in [0.1, 0.15) is 5.60 Å². The lowest BCUT2D eigenvalue weighted by Crippen LogP contribution is -2.45. The van der Waals surface area contributed by atoms with Gasteiger partial charge in [0.15, 0.2) is 0 Å². The minimum absolute atomic E-state index is 0.330. The maximum Gasteiger partial charge on any atom is 0.256 e. The van der Waals surface area contributed by atoms with E-state index >= 15 is 0 Å². The summed E-state index contributed by atoms with van der Waals surface area (Å²) >= 11 is 1.77. The highest BCUT2D eigenvalue weighted by atomic mass is 32.2. The molecule has 6 heteroatoms. The molecule has 2 aromatic rings. The molecule has 1 saturated heterocycles. The van der Waals surface area contributed by atoms with E-state index in [2.05, 4.69) is 10.4 Å². The average Bonchev–Trinajstić information content (AvgIpc) is 2.90. The lowest BCUT2D eigenvalue weighted by molar-refractivity contribution is -0.134. The zero-order valence-corrected chi connectivity index (χ0v) is 13.3. The van der Waals surface area contributed by atoms with Gasteiger partial charge in [0.05, 0.1) is 23.3 Å². The predicted molar refractivity (Wildman–Crippen MR) is 88.4 cm³/mol. The quantitative estimate of drug-likeness (QED) is 0.912. The number of rotatable bonds is 3. The molecule has 0 bridgehead atoms. The van der Waals surface area contributed by atoms with E-state index in [1.807, 2.05) is 37.3 Å². The first-order valence-corrected chi connectivity index (χ1v) is 8.47. The third kappa shape index (κ3) is 2.89. The highest BCUT2D eigenvalue weighted by Crippen LogP contribution is 2.29. The number of hydrogen-bond acceptors (Lipinski definition) is 4. The smallest absolute Gasteiger partial charge is 0.256 e. The number of carbonyl (C=O) groups is 1. The van der Waals surface area contributed by atoms with Crippen LogP contribution in [0.25, 0.3) is 5.69 Å². The molecule has 22 heavy (non-hydrogen) atoms. The van der Waals surface area contributed by atoms with Crippen LogP contribution in [0.1, 0.15) is 18.5 Å². The molecule has 1 aliphatic heterocycles. The second-order valence-electron chi connectivity index (χ2n) is 5.49. The average molecular weight is 317 g/mol. The maximum absolute atomic E-state index is 12.4. The molecule has 5 nitrogen and oxygen atoms in total. The van der Waals surface area contributed by atoms with Crippen molar-refractivity contribution in [3.63, 3.8) is 0 Å². The molecular formula is C16H19N3O2S. The van der Waals surface area contributed by atoms with Crippen molar-refractivity contribution in [1.29, 1.82) is 0 Å². The van der Waals surface area contributed by atoms with E-state index in [-0.39, 0.29) is 5.91 Å². The third-order valence-electron chi connectivity index (χ3n) is 4.00. The molecule has 1 aromatic carbocycles. The fourth-order valence-corrected chi connectivity index (χ4v) is 3.70. The summed E-state index contributed by atoms with van der Waals surface area (Å²) in [5.74, 6) is 1.29. The number of benzene rings is 1. The van der Waals surface area contributed by atoms with E-state index in [0.717, 1.165) is 22.9 Å². The molecule has 0 aliphatic carbocycles. The Morgan fingerprint density at radius 2 is 2.00 bits per heavy atom. The Kier molecular flexibility index (Phi) is 4.22. The molecule has 1 fully saturated rings. The molecule has 0 atom stereocenters. The van der Waals surface area contributed by atoms with Gasteiger partial charge in [0, 0.05) is 0 Å². The van der Waals surface area contributed by atoms with Crippen molar-refractivity contribution < 1.29 is 9.90 Å². The fraction of sp³-hybridized carbons (Fsp3) is 0.375. The van der Waals surface area contributed by atoms with Crippen molar-refractivity contribution in [2.24, 2.45) is 0 Å².